The molecular weight excluding hydrogens is 188 g/mol. The number of thiophene rings is 1. The number of hydrogen-bond acceptors (Lipinski definition) is 1. The molecule has 72 valence electrons. The van der Waals surface area contributed by atoms with Crippen molar-refractivity contribution < 1.29 is 0 Å². The van der Waals surface area contributed by atoms with Gasteiger partial charge in [-0.3, -0.25) is 0 Å². The molecule has 1 aromatic rings. The molecule has 2 rings (SSSR count). The normalized spacial score (nSPS) is 14.6. The third-order valence-electron chi connectivity index (χ3n) is 2.55. The minimum atomic E-state index is 1.19. The first-order valence-electron chi connectivity index (χ1n) is 4.91. The lowest BCUT2D eigenvalue weighted by atomic mass is 10.0. The van der Waals surface area contributed by atoms with Gasteiger partial charge in [-0.15, -0.1) is 11.3 Å². The van der Waals surface area contributed by atoms with Gasteiger partial charge in [0.2, 0.25) is 0 Å². The van der Waals surface area contributed by atoms with E-state index in [0.717, 1.165) is 0 Å². The van der Waals surface area contributed by atoms with E-state index in [1.54, 1.807) is 5.56 Å². The quantitative estimate of drug-likeness (QED) is 0.630. The lowest BCUT2D eigenvalue weighted by Gasteiger charge is -2.04. The second-order valence-electron chi connectivity index (χ2n) is 3.47. The highest BCUT2D eigenvalue weighted by atomic mass is 32.1. The van der Waals surface area contributed by atoms with Crippen molar-refractivity contribution in [3.8, 4) is 0 Å². The van der Waals surface area contributed by atoms with Gasteiger partial charge in [0.05, 0.1) is 0 Å². The fraction of sp³-hybridized carbons (Fsp3) is 0.231. The minimum absolute atomic E-state index is 1.19. The van der Waals surface area contributed by atoms with E-state index in [-0.39, 0.29) is 0 Å². The van der Waals surface area contributed by atoms with Gasteiger partial charge in [0.15, 0.2) is 0 Å². The fourth-order valence-corrected chi connectivity index (χ4v) is 2.97. The molecule has 1 aliphatic rings. The second-order valence-corrected chi connectivity index (χ2v) is 4.55. The molecule has 1 aliphatic carbocycles. The van der Waals surface area contributed by atoms with Crippen LogP contribution < -0.4 is 0 Å². The van der Waals surface area contributed by atoms with Crippen molar-refractivity contribution in [2.45, 2.75) is 19.8 Å². The van der Waals surface area contributed by atoms with Crippen molar-refractivity contribution in [3.63, 3.8) is 0 Å². The van der Waals surface area contributed by atoms with E-state index in [9.17, 15) is 0 Å². The minimum Gasteiger partial charge on any atom is -0.136 e. The molecule has 1 aromatic heterocycles. The molecule has 0 unspecified atom stereocenters. The maximum atomic E-state index is 3.69. The lowest BCUT2D eigenvalue weighted by molar-refractivity contribution is 0.983. The van der Waals surface area contributed by atoms with Crippen LogP contribution >= 0.6 is 11.3 Å². The molecule has 0 amide bonds. The molecule has 1 heterocycles. The summed E-state index contributed by atoms with van der Waals surface area (Å²) in [6.07, 6.45) is 12.9. The molecule has 0 nitrogen and oxygen atoms in total. The first kappa shape index (κ1) is 9.47. The van der Waals surface area contributed by atoms with Gasteiger partial charge in [-0.05, 0) is 43.0 Å². The summed E-state index contributed by atoms with van der Waals surface area (Å²) in [5.74, 6) is 0. The first-order valence-corrected chi connectivity index (χ1v) is 5.72. The zero-order valence-corrected chi connectivity index (χ0v) is 9.23. The summed E-state index contributed by atoms with van der Waals surface area (Å²) in [4.78, 5) is 2.82. The van der Waals surface area contributed by atoms with Crippen molar-refractivity contribution in [1.29, 1.82) is 0 Å². The Morgan fingerprint density at radius 1 is 1.50 bits per heavy atom. The maximum Gasteiger partial charge on any atom is 0.0308 e. The van der Waals surface area contributed by atoms with Gasteiger partial charge in [-0.25, -0.2) is 0 Å². The zero-order valence-electron chi connectivity index (χ0n) is 8.42. The number of rotatable bonds is 2. The molecular formula is C13H14S. The van der Waals surface area contributed by atoms with Gasteiger partial charge in [-0.2, -0.15) is 0 Å². The Balaban J connectivity index is 2.44. The standard InChI is InChI=1S/C13H14S/c1-3-4-8-12-10(2)11-7-5-6-9-13(11)14-12/h3-4,6,8-9H,1,5,7H2,2H3. The Morgan fingerprint density at radius 3 is 3.07 bits per heavy atom. The van der Waals surface area contributed by atoms with Gasteiger partial charge >= 0.3 is 0 Å². The summed E-state index contributed by atoms with van der Waals surface area (Å²) in [6.45, 7) is 5.91. The Bertz CT molecular complexity index is 405. The molecule has 0 saturated carbocycles. The van der Waals surface area contributed by atoms with Crippen molar-refractivity contribution in [2.24, 2.45) is 0 Å². The molecule has 0 fully saturated rings. The number of hydrogen-bond donors (Lipinski definition) is 0. The SMILES string of the molecule is C=CC=Cc1sc2c(c1C)CCC=C2. The molecule has 0 spiro atoms. The molecule has 0 atom stereocenters. The highest BCUT2D eigenvalue weighted by molar-refractivity contribution is 7.14. The van der Waals surface area contributed by atoms with E-state index < -0.39 is 0 Å². The third-order valence-corrected chi connectivity index (χ3v) is 3.82. The van der Waals surface area contributed by atoms with E-state index in [4.69, 9.17) is 0 Å². The lowest BCUT2D eigenvalue weighted by Crippen LogP contribution is -1.90. The summed E-state index contributed by atoms with van der Waals surface area (Å²) < 4.78 is 0. The maximum absolute atomic E-state index is 3.69. The van der Waals surface area contributed by atoms with Crippen LogP contribution in [-0.2, 0) is 6.42 Å². The molecule has 1 heteroatoms. The van der Waals surface area contributed by atoms with Crippen LogP contribution in [0.3, 0.4) is 0 Å². The monoisotopic (exact) mass is 202 g/mol. The van der Waals surface area contributed by atoms with E-state index in [2.05, 4.69) is 31.7 Å². The largest absolute Gasteiger partial charge is 0.136 e. The number of allylic oxidation sites excluding steroid dienone is 3. The summed E-state index contributed by atoms with van der Waals surface area (Å²) in [5.41, 5.74) is 2.99. The van der Waals surface area contributed by atoms with Crippen LogP contribution in [-0.4, -0.2) is 0 Å². The van der Waals surface area contributed by atoms with Gasteiger partial charge < -0.3 is 0 Å². The van der Waals surface area contributed by atoms with E-state index in [1.165, 1.54) is 28.2 Å². The van der Waals surface area contributed by atoms with Crippen LogP contribution in [0.4, 0.5) is 0 Å². The molecule has 0 radical (unpaired) electrons. The third kappa shape index (κ3) is 1.60. The first-order chi connectivity index (χ1) is 6.83. The van der Waals surface area contributed by atoms with Crippen molar-refractivity contribution >= 4 is 23.5 Å². The number of fused-ring (bicyclic) bond motifs is 1. The van der Waals surface area contributed by atoms with Gasteiger partial charge in [-0.1, -0.05) is 24.8 Å². The van der Waals surface area contributed by atoms with Crippen molar-refractivity contribution in [3.05, 3.63) is 45.7 Å². The van der Waals surface area contributed by atoms with Crippen molar-refractivity contribution in [2.75, 3.05) is 0 Å². The Morgan fingerprint density at radius 2 is 2.36 bits per heavy atom. The van der Waals surface area contributed by atoms with Gasteiger partial charge in [0.25, 0.3) is 0 Å². The molecule has 0 bridgehead atoms. The fourth-order valence-electron chi connectivity index (χ4n) is 1.77. The smallest absolute Gasteiger partial charge is 0.0308 e. The average molecular weight is 202 g/mol. The van der Waals surface area contributed by atoms with Crippen LogP contribution in [0.1, 0.15) is 27.3 Å². The summed E-state index contributed by atoms with van der Waals surface area (Å²) in [6, 6.07) is 0. The van der Waals surface area contributed by atoms with Crippen molar-refractivity contribution in [1.82, 2.24) is 0 Å². The van der Waals surface area contributed by atoms with E-state index >= 15 is 0 Å². The van der Waals surface area contributed by atoms with Crippen LogP contribution in [0.15, 0.2) is 24.8 Å². The van der Waals surface area contributed by atoms with Gasteiger partial charge in [0.1, 0.15) is 0 Å². The Labute approximate surface area is 89.3 Å². The summed E-state index contributed by atoms with van der Waals surface area (Å²) in [5, 5.41) is 0. The molecule has 0 aromatic carbocycles. The Kier molecular flexibility index (Phi) is 2.69. The van der Waals surface area contributed by atoms with Crippen LogP contribution in [0.5, 0.6) is 0 Å². The van der Waals surface area contributed by atoms with E-state index in [0.29, 0.717) is 0 Å². The molecule has 0 N–H and O–H groups in total. The van der Waals surface area contributed by atoms with Crippen LogP contribution in [0, 0.1) is 6.92 Å². The summed E-state index contributed by atoms with van der Waals surface area (Å²) >= 11 is 1.88. The van der Waals surface area contributed by atoms with Crippen LogP contribution in [0.25, 0.3) is 12.2 Å². The topological polar surface area (TPSA) is 0 Å². The van der Waals surface area contributed by atoms with Crippen LogP contribution in [0.2, 0.25) is 0 Å². The molecule has 0 aliphatic heterocycles. The average Bonchev–Trinajstić information content (AvgIpc) is 2.54. The predicted octanol–water partition coefficient (Wildman–Crippen LogP) is 4.22. The summed E-state index contributed by atoms with van der Waals surface area (Å²) in [7, 11) is 0. The molecule has 0 saturated heterocycles. The second kappa shape index (κ2) is 3.97. The van der Waals surface area contributed by atoms with E-state index in [1.807, 2.05) is 23.5 Å². The predicted molar refractivity (Wildman–Crippen MR) is 65.6 cm³/mol. The van der Waals surface area contributed by atoms with Gasteiger partial charge in [0, 0.05) is 9.75 Å². The Hall–Kier alpha value is -1.08. The zero-order chi connectivity index (χ0) is 9.97. The highest BCUT2D eigenvalue weighted by Gasteiger charge is 2.12. The highest BCUT2D eigenvalue weighted by Crippen LogP contribution is 2.33. The molecule has 14 heavy (non-hydrogen) atoms.